The highest BCUT2D eigenvalue weighted by atomic mass is 16.2. The summed E-state index contributed by atoms with van der Waals surface area (Å²) in [5, 5.41) is 2.97. The van der Waals surface area contributed by atoms with Gasteiger partial charge in [-0.1, -0.05) is 6.07 Å². The number of piperidine rings is 1. The molecule has 2 atom stereocenters. The zero-order chi connectivity index (χ0) is 18.0. The third kappa shape index (κ3) is 3.54. The Hall–Kier alpha value is -1.95. The van der Waals surface area contributed by atoms with Crippen molar-refractivity contribution in [3.63, 3.8) is 0 Å². The van der Waals surface area contributed by atoms with Gasteiger partial charge in [-0.25, -0.2) is 4.79 Å². The number of carbonyl (C=O) groups excluding carboxylic acids is 2. The first-order valence-electron chi connectivity index (χ1n) is 9.20. The Morgan fingerprint density at radius 1 is 1.36 bits per heavy atom. The van der Waals surface area contributed by atoms with E-state index < -0.39 is 5.54 Å². The SMILES string of the molecule is CC(C)N1C(=O)NC(C)(C2CCCN(CCc3ccccn3)C2)C1=O. The van der Waals surface area contributed by atoms with Crippen molar-refractivity contribution in [1.82, 2.24) is 20.1 Å². The van der Waals surface area contributed by atoms with Gasteiger partial charge in [0.05, 0.1) is 0 Å². The predicted octanol–water partition coefficient (Wildman–Crippen LogP) is 2.05. The fourth-order valence-corrected chi connectivity index (χ4v) is 3.97. The van der Waals surface area contributed by atoms with Crippen molar-refractivity contribution in [2.75, 3.05) is 19.6 Å². The maximum atomic E-state index is 12.9. The lowest BCUT2D eigenvalue weighted by Crippen LogP contribution is -2.56. The molecule has 2 aliphatic heterocycles. The average Bonchev–Trinajstić information content (AvgIpc) is 2.84. The van der Waals surface area contributed by atoms with Crippen molar-refractivity contribution in [2.24, 2.45) is 5.92 Å². The molecule has 0 radical (unpaired) electrons. The second-order valence-electron chi connectivity index (χ2n) is 7.61. The van der Waals surface area contributed by atoms with E-state index in [9.17, 15) is 9.59 Å². The van der Waals surface area contributed by atoms with Crippen molar-refractivity contribution in [3.8, 4) is 0 Å². The van der Waals surface area contributed by atoms with E-state index in [4.69, 9.17) is 0 Å². The summed E-state index contributed by atoms with van der Waals surface area (Å²) in [6.07, 6.45) is 4.74. The lowest BCUT2D eigenvalue weighted by Gasteiger charge is -2.40. The molecule has 25 heavy (non-hydrogen) atoms. The van der Waals surface area contributed by atoms with Crippen LogP contribution in [0.3, 0.4) is 0 Å². The number of urea groups is 1. The summed E-state index contributed by atoms with van der Waals surface area (Å²) in [7, 11) is 0. The number of imide groups is 1. The van der Waals surface area contributed by atoms with Gasteiger partial charge in [-0.05, 0) is 52.3 Å². The number of hydrogen-bond acceptors (Lipinski definition) is 4. The Kier molecular flexibility index (Phi) is 5.08. The maximum absolute atomic E-state index is 12.9. The van der Waals surface area contributed by atoms with Gasteiger partial charge in [0.2, 0.25) is 0 Å². The van der Waals surface area contributed by atoms with Gasteiger partial charge in [-0.15, -0.1) is 0 Å². The van der Waals surface area contributed by atoms with E-state index >= 15 is 0 Å². The molecule has 2 unspecified atom stereocenters. The summed E-state index contributed by atoms with van der Waals surface area (Å²) in [6, 6.07) is 5.61. The van der Waals surface area contributed by atoms with Crippen LogP contribution in [0.4, 0.5) is 4.79 Å². The molecule has 1 aromatic heterocycles. The number of rotatable bonds is 5. The minimum Gasteiger partial charge on any atom is -0.323 e. The number of pyridine rings is 1. The molecule has 1 aromatic rings. The fourth-order valence-electron chi connectivity index (χ4n) is 3.97. The predicted molar refractivity (Wildman–Crippen MR) is 96.0 cm³/mol. The molecule has 3 heterocycles. The van der Waals surface area contributed by atoms with Crippen LogP contribution in [0.15, 0.2) is 24.4 Å². The lowest BCUT2D eigenvalue weighted by atomic mass is 9.79. The number of nitrogens with one attached hydrogen (secondary N) is 1. The van der Waals surface area contributed by atoms with Crippen molar-refractivity contribution < 1.29 is 9.59 Å². The van der Waals surface area contributed by atoms with Gasteiger partial charge in [0, 0.05) is 43.4 Å². The Bertz CT molecular complexity index is 634. The second-order valence-corrected chi connectivity index (χ2v) is 7.61. The third-order valence-electron chi connectivity index (χ3n) is 5.50. The van der Waals surface area contributed by atoms with Crippen LogP contribution < -0.4 is 5.32 Å². The first kappa shape index (κ1) is 17.9. The highest BCUT2D eigenvalue weighted by molar-refractivity contribution is 6.07. The number of hydrogen-bond donors (Lipinski definition) is 1. The van der Waals surface area contributed by atoms with E-state index in [2.05, 4.69) is 15.2 Å². The van der Waals surface area contributed by atoms with E-state index in [0.717, 1.165) is 44.6 Å². The second kappa shape index (κ2) is 7.12. The normalized spacial score (nSPS) is 27.8. The van der Waals surface area contributed by atoms with Crippen LogP contribution in [0.1, 0.15) is 39.3 Å². The molecule has 3 rings (SSSR count). The van der Waals surface area contributed by atoms with E-state index in [1.165, 1.54) is 4.90 Å². The fraction of sp³-hybridized carbons (Fsp3) is 0.632. The molecule has 2 saturated heterocycles. The van der Waals surface area contributed by atoms with E-state index in [1.54, 1.807) is 0 Å². The van der Waals surface area contributed by atoms with Crippen molar-refractivity contribution in [1.29, 1.82) is 0 Å². The lowest BCUT2D eigenvalue weighted by molar-refractivity contribution is -0.134. The average molecular weight is 344 g/mol. The molecular formula is C19H28N4O2. The van der Waals surface area contributed by atoms with Crippen molar-refractivity contribution >= 4 is 11.9 Å². The third-order valence-corrected chi connectivity index (χ3v) is 5.50. The largest absolute Gasteiger partial charge is 0.325 e. The van der Waals surface area contributed by atoms with Crippen LogP contribution in [0.2, 0.25) is 0 Å². The number of carbonyl (C=O) groups is 2. The molecule has 0 spiro atoms. The minimum absolute atomic E-state index is 0.0796. The summed E-state index contributed by atoms with van der Waals surface area (Å²) in [5.74, 6) is 0.0641. The number of likely N-dealkylation sites (tertiary alicyclic amines) is 1. The van der Waals surface area contributed by atoms with Crippen molar-refractivity contribution in [3.05, 3.63) is 30.1 Å². The number of amides is 3. The van der Waals surface area contributed by atoms with E-state index in [0.29, 0.717) is 0 Å². The summed E-state index contributed by atoms with van der Waals surface area (Å²) >= 11 is 0. The molecular weight excluding hydrogens is 316 g/mol. The molecule has 3 amide bonds. The Balaban J connectivity index is 1.65. The van der Waals surface area contributed by atoms with Crippen molar-refractivity contribution in [2.45, 2.75) is 51.6 Å². The molecule has 6 heteroatoms. The van der Waals surface area contributed by atoms with Gasteiger partial charge in [0.25, 0.3) is 5.91 Å². The minimum atomic E-state index is -0.787. The van der Waals surface area contributed by atoms with Gasteiger partial charge in [0.1, 0.15) is 5.54 Å². The first-order valence-corrected chi connectivity index (χ1v) is 9.20. The molecule has 0 aliphatic carbocycles. The maximum Gasteiger partial charge on any atom is 0.325 e. The molecule has 6 nitrogen and oxygen atoms in total. The summed E-state index contributed by atoms with van der Waals surface area (Å²) in [6.45, 7) is 8.45. The topological polar surface area (TPSA) is 65.5 Å². The van der Waals surface area contributed by atoms with Crippen LogP contribution in [-0.4, -0.2) is 57.9 Å². The zero-order valence-corrected chi connectivity index (χ0v) is 15.4. The molecule has 2 fully saturated rings. The van der Waals surface area contributed by atoms with Gasteiger partial charge >= 0.3 is 6.03 Å². The van der Waals surface area contributed by atoms with Crippen LogP contribution in [0.25, 0.3) is 0 Å². The van der Waals surface area contributed by atoms with Crippen LogP contribution in [-0.2, 0) is 11.2 Å². The van der Waals surface area contributed by atoms with E-state index in [-0.39, 0.29) is 23.9 Å². The van der Waals surface area contributed by atoms with Crippen LogP contribution in [0.5, 0.6) is 0 Å². The van der Waals surface area contributed by atoms with Gasteiger partial charge in [0.15, 0.2) is 0 Å². The van der Waals surface area contributed by atoms with E-state index in [1.807, 2.05) is 45.2 Å². The Morgan fingerprint density at radius 2 is 2.16 bits per heavy atom. The number of aromatic nitrogens is 1. The molecule has 2 aliphatic rings. The molecule has 0 saturated carbocycles. The van der Waals surface area contributed by atoms with Gasteiger partial charge in [-0.3, -0.25) is 14.7 Å². The van der Waals surface area contributed by atoms with Crippen LogP contribution in [0, 0.1) is 5.92 Å². The molecule has 0 aromatic carbocycles. The van der Waals surface area contributed by atoms with Gasteiger partial charge in [-0.2, -0.15) is 0 Å². The zero-order valence-electron chi connectivity index (χ0n) is 15.4. The first-order chi connectivity index (χ1) is 11.9. The monoisotopic (exact) mass is 344 g/mol. The summed E-state index contributed by atoms with van der Waals surface area (Å²) in [4.78, 5) is 33.3. The quantitative estimate of drug-likeness (QED) is 0.831. The summed E-state index contributed by atoms with van der Waals surface area (Å²) < 4.78 is 0. The molecule has 136 valence electrons. The Labute approximate surface area is 149 Å². The standard InChI is InChI=1S/C19H28N4O2/c1-14(2)23-17(24)19(3,21-18(23)25)15-7-6-11-22(13-15)12-9-16-8-4-5-10-20-16/h4-5,8,10,14-15H,6-7,9,11-13H2,1-3H3,(H,21,25). The molecule has 1 N–H and O–H groups in total. The molecule has 0 bridgehead atoms. The summed E-state index contributed by atoms with van der Waals surface area (Å²) in [5.41, 5.74) is 0.303. The highest BCUT2D eigenvalue weighted by Crippen LogP contribution is 2.33. The Morgan fingerprint density at radius 3 is 2.80 bits per heavy atom. The number of nitrogens with zero attached hydrogens (tertiary/aromatic N) is 3. The smallest absolute Gasteiger partial charge is 0.323 e. The highest BCUT2D eigenvalue weighted by Gasteiger charge is 2.53. The van der Waals surface area contributed by atoms with Crippen LogP contribution >= 0.6 is 0 Å². The van der Waals surface area contributed by atoms with Gasteiger partial charge < -0.3 is 10.2 Å².